The molecule has 1 atom stereocenters. The predicted molar refractivity (Wildman–Crippen MR) is 49.7 cm³/mol. The van der Waals surface area contributed by atoms with E-state index >= 15 is 0 Å². The number of aliphatic hydroxyl groups excluding tert-OH is 1. The summed E-state index contributed by atoms with van der Waals surface area (Å²) in [5.74, 6) is 0. The first-order valence-electron chi connectivity index (χ1n) is 4.48. The quantitative estimate of drug-likeness (QED) is 0.733. The van der Waals surface area contributed by atoms with E-state index in [0.29, 0.717) is 12.0 Å². The van der Waals surface area contributed by atoms with Gasteiger partial charge in [-0.25, -0.2) is 0 Å². The fourth-order valence-corrected chi connectivity index (χ4v) is 2.24. The monoisotopic (exact) mass is 236 g/mol. The lowest BCUT2D eigenvalue weighted by molar-refractivity contribution is -0.138. The molecule has 1 aromatic rings. The number of fused-ring (bicyclic) bond motifs is 1. The Balaban J connectivity index is 2.64. The average Bonchev–Trinajstić information content (AvgIpc) is 2.45. The summed E-state index contributed by atoms with van der Waals surface area (Å²) < 4.78 is 38.0. The van der Waals surface area contributed by atoms with Crippen molar-refractivity contribution in [3.8, 4) is 0 Å². The van der Waals surface area contributed by atoms with E-state index in [-0.39, 0.29) is 17.0 Å². The summed E-state index contributed by atoms with van der Waals surface area (Å²) in [7, 11) is 0. The molecule has 0 saturated carbocycles. The maximum atomic E-state index is 12.7. The molecule has 0 spiro atoms. The molecule has 0 radical (unpaired) electrons. The highest BCUT2D eigenvalue weighted by atomic mass is 35.5. The van der Waals surface area contributed by atoms with Crippen LogP contribution in [0.5, 0.6) is 0 Å². The number of aliphatic hydroxyl groups is 1. The first-order chi connectivity index (χ1) is 6.91. The van der Waals surface area contributed by atoms with Crippen molar-refractivity contribution in [1.82, 2.24) is 0 Å². The maximum absolute atomic E-state index is 12.7. The fourth-order valence-electron chi connectivity index (χ4n) is 1.96. The molecule has 15 heavy (non-hydrogen) atoms. The maximum Gasteiger partial charge on any atom is 0.418 e. The van der Waals surface area contributed by atoms with E-state index in [4.69, 9.17) is 11.6 Å². The number of rotatable bonds is 0. The zero-order valence-electron chi connectivity index (χ0n) is 7.61. The van der Waals surface area contributed by atoms with Gasteiger partial charge < -0.3 is 5.11 Å². The highest BCUT2D eigenvalue weighted by Crippen LogP contribution is 2.43. The molecule has 0 fully saturated rings. The third-order valence-corrected chi connectivity index (χ3v) is 2.92. The van der Waals surface area contributed by atoms with Crippen LogP contribution >= 0.6 is 11.6 Å². The third kappa shape index (κ3) is 1.72. The number of hydrogen-bond donors (Lipinski definition) is 1. The SMILES string of the molecule is OC1CCc2c1ccc(Cl)c2C(F)(F)F. The number of halogens is 4. The summed E-state index contributed by atoms with van der Waals surface area (Å²) in [6, 6.07) is 2.66. The molecule has 0 saturated heterocycles. The van der Waals surface area contributed by atoms with Gasteiger partial charge in [-0.1, -0.05) is 17.7 Å². The Morgan fingerprint density at radius 1 is 1.33 bits per heavy atom. The normalized spacial score (nSPS) is 20.5. The van der Waals surface area contributed by atoms with E-state index in [0.717, 1.165) is 0 Å². The molecule has 0 amide bonds. The van der Waals surface area contributed by atoms with E-state index < -0.39 is 17.8 Å². The minimum atomic E-state index is -4.45. The Morgan fingerprint density at radius 3 is 2.60 bits per heavy atom. The van der Waals surface area contributed by atoms with Crippen molar-refractivity contribution in [3.05, 3.63) is 33.8 Å². The molecular weight excluding hydrogens is 229 g/mol. The molecule has 0 aromatic heterocycles. The Morgan fingerprint density at radius 2 is 2.00 bits per heavy atom. The fraction of sp³-hybridized carbons (Fsp3) is 0.400. The van der Waals surface area contributed by atoms with Gasteiger partial charge in [-0.05, 0) is 30.0 Å². The smallest absolute Gasteiger partial charge is 0.388 e. The second-order valence-corrected chi connectivity index (χ2v) is 3.95. The summed E-state index contributed by atoms with van der Waals surface area (Å²) in [6.07, 6.45) is -4.68. The van der Waals surface area contributed by atoms with Gasteiger partial charge in [0.05, 0.1) is 16.7 Å². The van der Waals surface area contributed by atoms with Crippen LogP contribution in [0.2, 0.25) is 5.02 Å². The van der Waals surface area contributed by atoms with E-state index in [1.54, 1.807) is 0 Å². The highest BCUT2D eigenvalue weighted by Gasteiger charge is 2.39. The van der Waals surface area contributed by atoms with Gasteiger partial charge >= 0.3 is 6.18 Å². The molecule has 1 aliphatic rings. The van der Waals surface area contributed by atoms with Crippen LogP contribution in [-0.4, -0.2) is 5.11 Å². The zero-order valence-corrected chi connectivity index (χ0v) is 8.36. The molecule has 82 valence electrons. The van der Waals surface area contributed by atoms with Crippen LogP contribution in [0.15, 0.2) is 12.1 Å². The van der Waals surface area contributed by atoms with Crippen molar-refractivity contribution in [3.63, 3.8) is 0 Å². The van der Waals surface area contributed by atoms with Crippen molar-refractivity contribution in [2.24, 2.45) is 0 Å². The van der Waals surface area contributed by atoms with Gasteiger partial charge in [-0.3, -0.25) is 0 Å². The van der Waals surface area contributed by atoms with Crippen LogP contribution in [0.4, 0.5) is 13.2 Å². The lowest BCUT2D eigenvalue weighted by Crippen LogP contribution is -2.10. The number of hydrogen-bond acceptors (Lipinski definition) is 1. The standard InChI is InChI=1S/C10H8ClF3O/c11-7-3-1-5-6(2-4-8(5)15)9(7)10(12,13)14/h1,3,8,15H,2,4H2. The topological polar surface area (TPSA) is 20.2 Å². The lowest BCUT2D eigenvalue weighted by atomic mass is 10.0. The molecule has 0 aliphatic heterocycles. The van der Waals surface area contributed by atoms with Gasteiger partial charge in [0.15, 0.2) is 0 Å². The third-order valence-electron chi connectivity index (χ3n) is 2.61. The lowest BCUT2D eigenvalue weighted by Gasteiger charge is -2.14. The molecule has 0 heterocycles. The molecule has 1 aliphatic carbocycles. The van der Waals surface area contributed by atoms with E-state index in [1.165, 1.54) is 12.1 Å². The summed E-state index contributed by atoms with van der Waals surface area (Å²) in [6.45, 7) is 0. The van der Waals surface area contributed by atoms with Crippen molar-refractivity contribution in [1.29, 1.82) is 0 Å². The van der Waals surface area contributed by atoms with Crippen LogP contribution < -0.4 is 0 Å². The number of benzene rings is 1. The highest BCUT2D eigenvalue weighted by molar-refractivity contribution is 6.31. The van der Waals surface area contributed by atoms with Gasteiger partial charge in [0.1, 0.15) is 0 Å². The van der Waals surface area contributed by atoms with Crippen LogP contribution in [0.25, 0.3) is 0 Å². The molecule has 2 rings (SSSR count). The van der Waals surface area contributed by atoms with Crippen molar-refractivity contribution in [2.45, 2.75) is 25.1 Å². The largest absolute Gasteiger partial charge is 0.418 e. The second kappa shape index (κ2) is 3.39. The first-order valence-corrected chi connectivity index (χ1v) is 4.85. The predicted octanol–water partition coefficient (Wildman–Crippen LogP) is 3.34. The van der Waals surface area contributed by atoms with Crippen molar-refractivity contribution in [2.75, 3.05) is 0 Å². The molecule has 1 unspecified atom stereocenters. The van der Waals surface area contributed by atoms with E-state index in [1.807, 2.05) is 0 Å². The van der Waals surface area contributed by atoms with E-state index in [2.05, 4.69) is 0 Å². The Hall–Kier alpha value is -0.740. The minimum Gasteiger partial charge on any atom is -0.388 e. The Kier molecular flexibility index (Phi) is 2.43. The van der Waals surface area contributed by atoms with Gasteiger partial charge in [-0.2, -0.15) is 13.2 Å². The molecule has 1 N–H and O–H groups in total. The van der Waals surface area contributed by atoms with Crippen LogP contribution in [-0.2, 0) is 12.6 Å². The van der Waals surface area contributed by atoms with Crippen molar-refractivity contribution < 1.29 is 18.3 Å². The summed E-state index contributed by atoms with van der Waals surface area (Å²) in [5, 5.41) is 9.16. The van der Waals surface area contributed by atoms with Crippen LogP contribution in [0, 0.1) is 0 Å². The summed E-state index contributed by atoms with van der Waals surface area (Å²) in [4.78, 5) is 0. The Labute approximate surface area is 89.5 Å². The molecule has 5 heteroatoms. The molecular formula is C10H8ClF3O. The van der Waals surface area contributed by atoms with Crippen LogP contribution in [0.1, 0.15) is 29.2 Å². The number of alkyl halides is 3. The van der Waals surface area contributed by atoms with Gasteiger partial charge in [0, 0.05) is 0 Å². The van der Waals surface area contributed by atoms with Gasteiger partial charge in [0.25, 0.3) is 0 Å². The van der Waals surface area contributed by atoms with E-state index in [9.17, 15) is 18.3 Å². The molecule has 0 bridgehead atoms. The molecule has 1 aromatic carbocycles. The Bertz CT molecular complexity index is 400. The summed E-state index contributed by atoms with van der Waals surface area (Å²) in [5.41, 5.74) is -0.299. The van der Waals surface area contributed by atoms with Gasteiger partial charge in [-0.15, -0.1) is 0 Å². The minimum absolute atomic E-state index is 0.141. The van der Waals surface area contributed by atoms with Crippen molar-refractivity contribution >= 4 is 11.6 Å². The first kappa shape index (κ1) is 10.8. The average molecular weight is 237 g/mol. The zero-order chi connectivity index (χ0) is 11.2. The second-order valence-electron chi connectivity index (χ2n) is 3.54. The molecule has 1 nitrogen and oxygen atoms in total. The summed E-state index contributed by atoms with van der Waals surface area (Å²) >= 11 is 5.54. The van der Waals surface area contributed by atoms with Crippen LogP contribution in [0.3, 0.4) is 0 Å². The van der Waals surface area contributed by atoms with Gasteiger partial charge in [0.2, 0.25) is 0 Å².